The Morgan fingerprint density at radius 3 is 1.52 bits per heavy atom. The van der Waals surface area contributed by atoms with E-state index in [1.165, 1.54) is 56.4 Å². The van der Waals surface area contributed by atoms with Crippen LogP contribution in [0, 0.1) is 17.8 Å². The lowest BCUT2D eigenvalue weighted by Gasteiger charge is -2.25. The van der Waals surface area contributed by atoms with Gasteiger partial charge in [0.05, 0.1) is 73.2 Å². The van der Waals surface area contributed by atoms with Gasteiger partial charge in [-0.15, -0.1) is 0 Å². The highest BCUT2D eigenvalue weighted by atomic mass is 32.3. The molecule has 0 aliphatic rings. The van der Waals surface area contributed by atoms with Crippen LogP contribution in [0.4, 0.5) is 0 Å². The van der Waals surface area contributed by atoms with Crippen LogP contribution in [0.5, 0.6) is 0 Å². The summed E-state index contributed by atoms with van der Waals surface area (Å²) < 4.78 is 37.4. The van der Waals surface area contributed by atoms with Gasteiger partial charge in [0.1, 0.15) is 5.78 Å². The lowest BCUT2D eigenvalue weighted by atomic mass is 9.88. The number of carboxylic acids is 1. The largest absolute Gasteiger partial charge is 0.478 e. The van der Waals surface area contributed by atoms with Crippen molar-refractivity contribution in [3.8, 4) is 0 Å². The quantitative estimate of drug-likeness (QED) is 0.00720. The molecule has 0 spiro atoms. The zero-order valence-corrected chi connectivity index (χ0v) is 50.4. The standard InChI is InChI=1S/C63H99N3O18S/c1-45(27-19-15-11-10-12-16-20-28-46(2)62(79)80)61(78)48(4)58(76)36-21-17-13-8-6-5-7-9-14-18-22-37-60(84-85(81,82)83)47(3)59(77)44-57(75)43-54(72)34-25-33-53(71)42-56(74)41-52(70)32-24-31-50(68)39-49(67)29-23-30-51(69)40-55(73)35-26-38-66-63(64)65/h5-10,12-14,16-25,27-29,32,34,36,45,47-58,60-61,67-76,78H,11,15,26,30-31,33,35,37-44H2,1-4H3,(H,79,80)(H4,64,65,66)(H,81,82,83)/b7-5+,8-6+,12-10+,14-9+,17-13+,20-16+,22-18+,27-19+,29-23+,32-24+,34-25+,36-21+,46-28+/t45-,47+,48-,49-,50-,51-,52-,53+,54+,55-,56+,57-,58-,60+,61+/m1/s1. The van der Waals surface area contributed by atoms with Crippen molar-refractivity contribution in [1.29, 1.82) is 0 Å². The molecule has 17 N–H and O–H groups in total. The van der Waals surface area contributed by atoms with Crippen molar-refractivity contribution in [2.45, 2.75) is 191 Å². The van der Waals surface area contributed by atoms with E-state index in [0.29, 0.717) is 19.4 Å². The van der Waals surface area contributed by atoms with Crippen LogP contribution in [0.15, 0.2) is 162 Å². The molecule has 0 bridgehead atoms. The summed E-state index contributed by atoms with van der Waals surface area (Å²) in [6, 6.07) is 0. The van der Waals surface area contributed by atoms with Gasteiger partial charge in [-0.1, -0.05) is 173 Å². The first kappa shape index (κ1) is 79.5. The van der Waals surface area contributed by atoms with E-state index in [1.807, 2.05) is 31.2 Å². The molecule has 0 aliphatic heterocycles. The molecule has 0 heterocycles. The van der Waals surface area contributed by atoms with E-state index >= 15 is 0 Å². The molecule has 21 nitrogen and oxygen atoms in total. The minimum atomic E-state index is -4.96. The zero-order valence-electron chi connectivity index (χ0n) is 49.6. The Bertz CT molecular complexity index is 2400. The Kier molecular flexibility index (Phi) is 44.5. The molecular formula is C63H99N3O18S. The summed E-state index contributed by atoms with van der Waals surface area (Å²) in [5, 5.41) is 123. The number of allylic oxidation sites excluding steroid dienone is 16. The number of carboxylic acid groups (broad SMARTS) is 1. The summed E-state index contributed by atoms with van der Waals surface area (Å²) in [6.45, 7) is 6.93. The minimum Gasteiger partial charge on any atom is -0.478 e. The van der Waals surface area contributed by atoms with Crippen molar-refractivity contribution >= 4 is 28.1 Å². The van der Waals surface area contributed by atoms with Gasteiger partial charge < -0.3 is 72.7 Å². The first-order valence-electron chi connectivity index (χ1n) is 28.7. The number of carbonyl (C=O) groups is 2. The third-order valence-corrected chi connectivity index (χ3v) is 13.6. The number of unbranched alkanes of at least 4 members (excludes halogenated alkanes) is 1. The minimum absolute atomic E-state index is 0.00161. The van der Waals surface area contributed by atoms with Crippen molar-refractivity contribution in [2.24, 2.45) is 34.2 Å². The van der Waals surface area contributed by atoms with Gasteiger partial charge >= 0.3 is 16.4 Å². The number of rotatable bonds is 47. The SMILES string of the molecule is C\C(=C/C=C/C=C/CC/C=C/[C@@H](C)[C@H](O)[C@H](C)[C@H](O)/C=C/C=C/C=C/C=C/C=C/C=C/C[C@H](OS(=O)(=O)O)[C@@H](C)C(=O)C[C@H](O)C[C@@H](O)/C=C/C[C@H](O)C[C@@H](O)C[C@H](O)/C=C/C[C@@H](O)C[C@H](O)/C=C/C[C@@H](O)C[C@H](O)CCCN=C(N)N)C(=O)O. The second-order valence-electron chi connectivity index (χ2n) is 21.0. The number of ketones is 1. The van der Waals surface area contributed by atoms with Crippen LogP contribution >= 0.6 is 0 Å². The Balaban J connectivity index is 4.79. The molecule has 0 aromatic heterocycles. The fourth-order valence-corrected chi connectivity index (χ4v) is 8.63. The maximum absolute atomic E-state index is 13.1. The summed E-state index contributed by atoms with van der Waals surface area (Å²) >= 11 is 0. The Labute approximate surface area is 503 Å². The summed E-state index contributed by atoms with van der Waals surface area (Å²) in [4.78, 5) is 27.7. The van der Waals surface area contributed by atoms with Crippen molar-refractivity contribution in [2.75, 3.05) is 6.54 Å². The van der Waals surface area contributed by atoms with E-state index in [0.717, 1.165) is 12.8 Å². The van der Waals surface area contributed by atoms with E-state index in [-0.39, 0.29) is 75.2 Å². The number of aliphatic hydroxyl groups excluding tert-OH is 11. The smallest absolute Gasteiger partial charge is 0.397 e. The van der Waals surface area contributed by atoms with Crippen LogP contribution in [0.25, 0.3) is 0 Å². The number of aliphatic hydroxyl groups is 11. The molecule has 0 amide bonds. The van der Waals surface area contributed by atoms with Gasteiger partial charge in [-0.3, -0.25) is 14.3 Å². The monoisotopic (exact) mass is 1220 g/mol. The second kappa shape index (κ2) is 47.6. The van der Waals surface area contributed by atoms with E-state index < -0.39 is 114 Å². The van der Waals surface area contributed by atoms with Gasteiger partial charge in [0, 0.05) is 55.6 Å². The Morgan fingerprint density at radius 2 is 0.988 bits per heavy atom. The summed E-state index contributed by atoms with van der Waals surface area (Å²) in [7, 11) is -4.96. The summed E-state index contributed by atoms with van der Waals surface area (Å²) in [5.41, 5.74) is 10.8. The molecule has 0 aliphatic carbocycles. The zero-order chi connectivity index (χ0) is 64.2. The maximum Gasteiger partial charge on any atom is 0.397 e. The first-order valence-corrected chi connectivity index (χ1v) is 30.1. The van der Waals surface area contributed by atoms with E-state index in [2.05, 4.69) is 4.99 Å². The van der Waals surface area contributed by atoms with E-state index in [4.69, 9.17) is 20.8 Å². The van der Waals surface area contributed by atoms with Crippen LogP contribution < -0.4 is 11.5 Å². The number of guanidine groups is 1. The molecule has 0 saturated carbocycles. The topological polar surface area (TPSA) is 405 Å². The van der Waals surface area contributed by atoms with Gasteiger partial charge in [-0.2, -0.15) is 8.42 Å². The fourth-order valence-electron chi connectivity index (χ4n) is 8.07. The lowest BCUT2D eigenvalue weighted by Crippen LogP contribution is -2.32. The summed E-state index contributed by atoms with van der Waals surface area (Å²) in [5.74, 6) is -3.29. The fraction of sp³-hybridized carbons (Fsp3) is 0.540. The molecule has 0 unspecified atom stereocenters. The Morgan fingerprint density at radius 1 is 0.529 bits per heavy atom. The third kappa shape index (κ3) is 45.4. The average molecular weight is 1220 g/mol. The molecule has 0 aromatic rings. The third-order valence-electron chi connectivity index (χ3n) is 13.1. The number of nitrogens with zero attached hydrogens (tertiary/aromatic N) is 1. The number of hydrogen-bond acceptors (Lipinski definition) is 17. The average Bonchev–Trinajstić information content (AvgIpc) is 3.60. The highest BCUT2D eigenvalue weighted by molar-refractivity contribution is 7.80. The van der Waals surface area contributed by atoms with Gasteiger partial charge in [0.15, 0.2) is 5.96 Å². The van der Waals surface area contributed by atoms with E-state index in [9.17, 15) is 78.7 Å². The van der Waals surface area contributed by atoms with Crippen LogP contribution in [0.1, 0.15) is 118 Å². The van der Waals surface area contributed by atoms with Gasteiger partial charge in [0.2, 0.25) is 0 Å². The van der Waals surface area contributed by atoms with Crippen LogP contribution in [-0.2, 0) is 24.2 Å². The highest BCUT2D eigenvalue weighted by Gasteiger charge is 2.30. The van der Waals surface area contributed by atoms with Crippen molar-refractivity contribution in [3.63, 3.8) is 0 Å². The van der Waals surface area contributed by atoms with Crippen molar-refractivity contribution in [3.05, 3.63) is 157 Å². The predicted octanol–water partition coefficient (Wildman–Crippen LogP) is 5.06. The van der Waals surface area contributed by atoms with E-state index in [1.54, 1.807) is 92.0 Å². The molecule has 85 heavy (non-hydrogen) atoms. The van der Waals surface area contributed by atoms with Gasteiger partial charge in [-0.25, -0.2) is 8.98 Å². The molecular weight excluding hydrogens is 1120 g/mol. The molecule has 480 valence electrons. The highest BCUT2D eigenvalue weighted by Crippen LogP contribution is 2.21. The molecule has 22 heteroatoms. The van der Waals surface area contributed by atoms with Crippen LogP contribution in [0.3, 0.4) is 0 Å². The molecule has 0 radical (unpaired) electrons. The second-order valence-corrected chi connectivity index (χ2v) is 22.1. The van der Waals surface area contributed by atoms with Gasteiger partial charge in [0.25, 0.3) is 0 Å². The number of Topliss-reactive ketones (excluding diaryl/α,β-unsaturated/α-hetero) is 1. The number of aliphatic imine (C=N–C) groups is 1. The summed E-state index contributed by atoms with van der Waals surface area (Å²) in [6.07, 6.45) is 30.9. The van der Waals surface area contributed by atoms with Crippen LogP contribution in [-0.4, -0.2) is 172 Å². The van der Waals surface area contributed by atoms with Crippen molar-refractivity contribution in [1.82, 2.24) is 0 Å². The number of carbonyl (C=O) groups excluding carboxylic acids is 1. The van der Waals surface area contributed by atoms with Crippen molar-refractivity contribution < 1.29 is 88.0 Å². The molecule has 0 aromatic carbocycles. The molecule has 15 atom stereocenters. The first-order chi connectivity index (χ1) is 40.1. The van der Waals surface area contributed by atoms with Crippen LogP contribution in [0.2, 0.25) is 0 Å². The molecule has 0 rings (SSSR count). The molecule has 0 saturated heterocycles. The van der Waals surface area contributed by atoms with Gasteiger partial charge in [-0.05, 0) is 71.1 Å². The molecule has 0 fully saturated rings. The number of aliphatic carboxylic acids is 1. The number of hydrogen-bond donors (Lipinski definition) is 15. The Hall–Kier alpha value is -5.54. The lowest BCUT2D eigenvalue weighted by molar-refractivity contribution is -0.132. The maximum atomic E-state index is 13.1. The normalized spacial score (nSPS) is 18.9. The number of nitrogens with two attached hydrogens (primary N) is 2. The predicted molar refractivity (Wildman–Crippen MR) is 331 cm³/mol.